The lowest BCUT2D eigenvalue weighted by Crippen LogP contribution is -2.13. The van der Waals surface area contributed by atoms with Gasteiger partial charge in [0.15, 0.2) is 0 Å². The van der Waals surface area contributed by atoms with Gasteiger partial charge in [0.05, 0.1) is 11.4 Å². The SMILES string of the molecule is Cc1cc(C(=O)Nc2ccc(F)nc2F)on1. The third-order valence-electron chi connectivity index (χ3n) is 1.91. The molecule has 0 aliphatic carbocycles. The van der Waals surface area contributed by atoms with Gasteiger partial charge in [-0.05, 0) is 19.1 Å². The molecule has 0 aliphatic heterocycles. The lowest BCUT2D eigenvalue weighted by Gasteiger charge is -2.02. The van der Waals surface area contributed by atoms with Crippen LogP contribution in [0.15, 0.2) is 22.7 Å². The molecule has 2 rings (SSSR count). The summed E-state index contributed by atoms with van der Waals surface area (Å²) in [5.74, 6) is -2.81. The van der Waals surface area contributed by atoms with Gasteiger partial charge in [0.2, 0.25) is 17.7 Å². The van der Waals surface area contributed by atoms with E-state index in [1.807, 2.05) is 0 Å². The fourth-order valence-corrected chi connectivity index (χ4v) is 1.16. The summed E-state index contributed by atoms with van der Waals surface area (Å²) in [5, 5.41) is 5.70. The van der Waals surface area contributed by atoms with E-state index in [1.165, 1.54) is 6.07 Å². The molecule has 0 aliphatic rings. The summed E-state index contributed by atoms with van der Waals surface area (Å²) >= 11 is 0. The number of rotatable bonds is 2. The molecule has 1 amide bonds. The van der Waals surface area contributed by atoms with Gasteiger partial charge < -0.3 is 9.84 Å². The van der Waals surface area contributed by atoms with Crippen molar-refractivity contribution in [2.75, 3.05) is 5.32 Å². The predicted molar refractivity (Wildman–Crippen MR) is 53.3 cm³/mol. The molecular formula is C10H7F2N3O2. The Bertz CT molecular complexity index is 568. The number of carbonyl (C=O) groups excluding carboxylic acids is 1. The fraction of sp³-hybridized carbons (Fsp3) is 0.100. The zero-order chi connectivity index (χ0) is 12.4. The number of amides is 1. The number of anilines is 1. The van der Waals surface area contributed by atoms with Crippen LogP contribution in [0.3, 0.4) is 0 Å². The Morgan fingerprint density at radius 3 is 2.76 bits per heavy atom. The van der Waals surface area contributed by atoms with Crippen LogP contribution >= 0.6 is 0 Å². The summed E-state index contributed by atoms with van der Waals surface area (Å²) in [6, 6.07) is 3.40. The maximum atomic E-state index is 13.1. The Labute approximate surface area is 94.4 Å². The molecule has 7 heteroatoms. The lowest BCUT2D eigenvalue weighted by atomic mass is 10.3. The van der Waals surface area contributed by atoms with E-state index in [1.54, 1.807) is 6.92 Å². The molecule has 17 heavy (non-hydrogen) atoms. The van der Waals surface area contributed by atoms with Crippen LogP contribution in [-0.4, -0.2) is 16.0 Å². The minimum Gasteiger partial charge on any atom is -0.351 e. The molecule has 0 unspecified atom stereocenters. The largest absolute Gasteiger partial charge is 0.351 e. The Kier molecular flexibility index (Phi) is 2.82. The molecule has 5 nitrogen and oxygen atoms in total. The molecule has 0 spiro atoms. The standard InChI is InChI=1S/C10H7F2N3O2/c1-5-4-7(17-15-5)10(16)13-6-2-3-8(11)14-9(6)12/h2-4H,1H3,(H,13,16). The molecule has 2 aromatic rings. The predicted octanol–water partition coefficient (Wildman–Crippen LogP) is 1.91. The highest BCUT2D eigenvalue weighted by Crippen LogP contribution is 2.13. The van der Waals surface area contributed by atoms with Crippen LogP contribution in [0, 0.1) is 18.8 Å². The summed E-state index contributed by atoms with van der Waals surface area (Å²) in [4.78, 5) is 14.5. The Hall–Kier alpha value is -2.31. The van der Waals surface area contributed by atoms with Gasteiger partial charge in [-0.2, -0.15) is 13.8 Å². The fourth-order valence-electron chi connectivity index (χ4n) is 1.16. The number of hydrogen-bond acceptors (Lipinski definition) is 4. The summed E-state index contributed by atoms with van der Waals surface area (Å²) in [7, 11) is 0. The van der Waals surface area contributed by atoms with E-state index in [0.717, 1.165) is 12.1 Å². The van der Waals surface area contributed by atoms with E-state index >= 15 is 0 Å². The molecule has 1 N–H and O–H groups in total. The van der Waals surface area contributed by atoms with Crippen molar-refractivity contribution in [3.63, 3.8) is 0 Å². The molecule has 0 saturated heterocycles. The smallest absolute Gasteiger partial charge is 0.294 e. The highest BCUT2D eigenvalue weighted by molar-refractivity contribution is 6.02. The molecule has 88 valence electrons. The van der Waals surface area contributed by atoms with Gasteiger partial charge in [-0.15, -0.1) is 0 Å². The summed E-state index contributed by atoms with van der Waals surface area (Å²) in [6.07, 6.45) is 0. The normalized spacial score (nSPS) is 10.3. The molecule has 0 aromatic carbocycles. The Morgan fingerprint density at radius 2 is 2.18 bits per heavy atom. The topological polar surface area (TPSA) is 68.0 Å². The second-order valence-corrected chi connectivity index (χ2v) is 3.26. The van der Waals surface area contributed by atoms with Crippen LogP contribution in [0.2, 0.25) is 0 Å². The average molecular weight is 239 g/mol. The van der Waals surface area contributed by atoms with Gasteiger partial charge in [-0.3, -0.25) is 4.79 Å². The van der Waals surface area contributed by atoms with Crippen LogP contribution in [0.1, 0.15) is 16.2 Å². The number of nitrogens with zero attached hydrogens (tertiary/aromatic N) is 2. The van der Waals surface area contributed by atoms with Crippen molar-refractivity contribution in [2.24, 2.45) is 0 Å². The molecule has 2 heterocycles. The van der Waals surface area contributed by atoms with Crippen molar-refractivity contribution in [3.05, 3.63) is 41.5 Å². The first-order valence-electron chi connectivity index (χ1n) is 4.63. The summed E-state index contributed by atoms with van der Waals surface area (Å²) in [5.41, 5.74) is 0.290. The Morgan fingerprint density at radius 1 is 1.41 bits per heavy atom. The minimum absolute atomic E-state index is 0.0637. The number of aryl methyl sites for hydroxylation is 1. The number of aromatic nitrogens is 2. The van der Waals surface area contributed by atoms with Gasteiger partial charge in [0.25, 0.3) is 5.91 Å². The maximum absolute atomic E-state index is 13.1. The third-order valence-corrected chi connectivity index (χ3v) is 1.91. The van der Waals surface area contributed by atoms with Gasteiger partial charge in [-0.25, -0.2) is 0 Å². The average Bonchev–Trinajstić information content (AvgIpc) is 2.69. The number of hydrogen-bond donors (Lipinski definition) is 1. The van der Waals surface area contributed by atoms with Crippen molar-refractivity contribution >= 4 is 11.6 Å². The van der Waals surface area contributed by atoms with Gasteiger partial charge in [0, 0.05) is 6.07 Å². The Balaban J connectivity index is 2.18. The second kappa shape index (κ2) is 4.28. The van der Waals surface area contributed by atoms with E-state index < -0.39 is 17.8 Å². The summed E-state index contributed by atoms with van der Waals surface area (Å²) < 4.78 is 30.3. The summed E-state index contributed by atoms with van der Waals surface area (Å²) in [6.45, 7) is 1.64. The molecule has 2 aromatic heterocycles. The minimum atomic E-state index is -1.10. The first kappa shape index (κ1) is 11.2. The highest BCUT2D eigenvalue weighted by Gasteiger charge is 2.14. The first-order chi connectivity index (χ1) is 8.06. The van der Waals surface area contributed by atoms with Crippen LogP contribution < -0.4 is 5.32 Å². The number of nitrogens with one attached hydrogen (secondary N) is 1. The van der Waals surface area contributed by atoms with Crippen molar-refractivity contribution in [1.29, 1.82) is 0 Å². The van der Waals surface area contributed by atoms with Crippen molar-refractivity contribution < 1.29 is 18.1 Å². The van der Waals surface area contributed by atoms with Gasteiger partial charge >= 0.3 is 0 Å². The van der Waals surface area contributed by atoms with Crippen LogP contribution in [0.4, 0.5) is 14.5 Å². The van der Waals surface area contributed by atoms with E-state index in [-0.39, 0.29) is 11.4 Å². The van der Waals surface area contributed by atoms with Crippen molar-refractivity contribution in [2.45, 2.75) is 6.92 Å². The zero-order valence-corrected chi connectivity index (χ0v) is 8.70. The monoisotopic (exact) mass is 239 g/mol. The number of pyridine rings is 1. The maximum Gasteiger partial charge on any atom is 0.294 e. The van der Waals surface area contributed by atoms with E-state index in [9.17, 15) is 13.6 Å². The van der Waals surface area contributed by atoms with Crippen LogP contribution in [0.25, 0.3) is 0 Å². The molecular weight excluding hydrogens is 232 g/mol. The molecule has 0 bridgehead atoms. The zero-order valence-electron chi connectivity index (χ0n) is 8.70. The van der Waals surface area contributed by atoms with E-state index in [4.69, 9.17) is 0 Å². The van der Waals surface area contributed by atoms with E-state index in [2.05, 4.69) is 20.0 Å². The highest BCUT2D eigenvalue weighted by atomic mass is 19.1. The molecule has 0 saturated carbocycles. The van der Waals surface area contributed by atoms with Crippen molar-refractivity contribution in [3.8, 4) is 0 Å². The van der Waals surface area contributed by atoms with E-state index in [0.29, 0.717) is 5.69 Å². The van der Waals surface area contributed by atoms with Crippen LogP contribution in [-0.2, 0) is 0 Å². The van der Waals surface area contributed by atoms with Crippen molar-refractivity contribution in [1.82, 2.24) is 10.1 Å². The quantitative estimate of drug-likeness (QED) is 0.813. The molecule has 0 atom stereocenters. The lowest BCUT2D eigenvalue weighted by molar-refractivity contribution is 0.0987. The van der Waals surface area contributed by atoms with Crippen LogP contribution in [0.5, 0.6) is 0 Å². The second-order valence-electron chi connectivity index (χ2n) is 3.26. The molecule has 0 radical (unpaired) electrons. The third kappa shape index (κ3) is 2.44. The van der Waals surface area contributed by atoms with Gasteiger partial charge in [0.1, 0.15) is 0 Å². The molecule has 0 fully saturated rings. The van der Waals surface area contributed by atoms with Gasteiger partial charge in [-0.1, -0.05) is 5.16 Å². The number of halogens is 2. The first-order valence-corrected chi connectivity index (χ1v) is 4.63. The number of carbonyl (C=O) groups is 1.